The van der Waals surface area contributed by atoms with Crippen molar-refractivity contribution in [1.82, 2.24) is 0 Å². The first kappa shape index (κ1) is 16.0. The molecule has 4 nitrogen and oxygen atoms in total. The minimum atomic E-state index is -0.665. The predicted molar refractivity (Wildman–Crippen MR) is 85.5 cm³/mol. The van der Waals surface area contributed by atoms with Gasteiger partial charge in [-0.05, 0) is 36.6 Å². The van der Waals surface area contributed by atoms with Gasteiger partial charge in [-0.1, -0.05) is 42.5 Å². The van der Waals surface area contributed by atoms with Crippen molar-refractivity contribution in [2.24, 2.45) is 5.73 Å². The topological polar surface area (TPSA) is 61.5 Å². The minimum Gasteiger partial charge on any atom is -0.494 e. The number of esters is 1. The molecule has 22 heavy (non-hydrogen) atoms. The molecule has 2 N–H and O–H groups in total. The fourth-order valence-electron chi connectivity index (χ4n) is 2.06. The summed E-state index contributed by atoms with van der Waals surface area (Å²) in [6.07, 6.45) is 0.444. The predicted octanol–water partition coefficient (Wildman–Crippen LogP) is 2.70. The maximum Gasteiger partial charge on any atom is 0.323 e. The molecule has 0 saturated heterocycles. The average molecular weight is 299 g/mol. The summed E-state index contributed by atoms with van der Waals surface area (Å²) in [4.78, 5) is 11.9. The van der Waals surface area contributed by atoms with Gasteiger partial charge in [-0.25, -0.2) is 0 Å². The van der Waals surface area contributed by atoms with E-state index in [1.54, 1.807) is 0 Å². The lowest BCUT2D eigenvalue weighted by Gasteiger charge is -2.12. The second-order valence-electron chi connectivity index (χ2n) is 4.98. The molecule has 0 aliphatic rings. The Morgan fingerprint density at radius 3 is 2.36 bits per heavy atom. The van der Waals surface area contributed by atoms with Crippen molar-refractivity contribution >= 4 is 5.97 Å². The maximum absolute atomic E-state index is 11.9. The Kier molecular flexibility index (Phi) is 5.98. The Bertz CT molecular complexity index is 581. The van der Waals surface area contributed by atoms with Crippen LogP contribution in [-0.4, -0.2) is 18.6 Å². The molecule has 1 atom stereocenters. The molecule has 0 saturated carbocycles. The Hall–Kier alpha value is -2.33. The molecular formula is C18H21NO3. The zero-order chi connectivity index (χ0) is 15.8. The number of ether oxygens (including phenoxy) is 2. The lowest BCUT2D eigenvalue weighted by Crippen LogP contribution is -2.34. The summed E-state index contributed by atoms with van der Waals surface area (Å²) in [6.45, 7) is 2.81. The van der Waals surface area contributed by atoms with Crippen molar-refractivity contribution in [1.29, 1.82) is 0 Å². The normalized spacial score (nSPS) is 11.7. The van der Waals surface area contributed by atoms with Crippen molar-refractivity contribution < 1.29 is 14.3 Å². The van der Waals surface area contributed by atoms with Gasteiger partial charge in [0.25, 0.3) is 0 Å². The zero-order valence-corrected chi connectivity index (χ0v) is 12.7. The Morgan fingerprint density at radius 2 is 1.73 bits per heavy atom. The molecule has 4 heteroatoms. The minimum absolute atomic E-state index is 0.247. The van der Waals surface area contributed by atoms with Crippen molar-refractivity contribution in [3.8, 4) is 5.75 Å². The maximum atomic E-state index is 11.9. The van der Waals surface area contributed by atoms with E-state index in [2.05, 4.69) is 0 Å². The Labute approximate surface area is 130 Å². The molecule has 0 aromatic heterocycles. The Morgan fingerprint density at radius 1 is 1.05 bits per heavy atom. The van der Waals surface area contributed by atoms with E-state index in [1.165, 1.54) is 0 Å². The summed E-state index contributed by atoms with van der Waals surface area (Å²) in [5, 5.41) is 0. The first-order valence-electron chi connectivity index (χ1n) is 7.37. The molecule has 0 fully saturated rings. The van der Waals surface area contributed by atoms with Crippen LogP contribution in [0.25, 0.3) is 0 Å². The van der Waals surface area contributed by atoms with E-state index < -0.39 is 12.0 Å². The summed E-state index contributed by atoms with van der Waals surface area (Å²) in [7, 11) is 0. The van der Waals surface area contributed by atoms with E-state index in [-0.39, 0.29) is 6.61 Å². The van der Waals surface area contributed by atoms with Gasteiger partial charge in [-0.15, -0.1) is 0 Å². The van der Waals surface area contributed by atoms with Crippen LogP contribution in [0.1, 0.15) is 18.1 Å². The highest BCUT2D eigenvalue weighted by Crippen LogP contribution is 2.13. The fourth-order valence-corrected chi connectivity index (χ4v) is 2.06. The third kappa shape index (κ3) is 4.90. The fraction of sp³-hybridized carbons (Fsp3) is 0.278. The van der Waals surface area contributed by atoms with Crippen LogP contribution in [0, 0.1) is 0 Å². The van der Waals surface area contributed by atoms with Crippen molar-refractivity contribution in [3.05, 3.63) is 65.7 Å². The molecule has 2 aromatic carbocycles. The van der Waals surface area contributed by atoms with Gasteiger partial charge in [0.05, 0.1) is 6.61 Å². The highest BCUT2D eigenvalue weighted by atomic mass is 16.5. The van der Waals surface area contributed by atoms with E-state index in [4.69, 9.17) is 15.2 Å². The number of carbonyl (C=O) groups is 1. The molecule has 2 aromatic rings. The summed E-state index contributed by atoms with van der Waals surface area (Å²) in [5.74, 6) is 0.421. The number of hydrogen-bond acceptors (Lipinski definition) is 4. The monoisotopic (exact) mass is 299 g/mol. The zero-order valence-electron chi connectivity index (χ0n) is 12.7. The van der Waals surface area contributed by atoms with Crippen LogP contribution in [-0.2, 0) is 22.6 Å². The molecule has 0 bridgehead atoms. The van der Waals surface area contributed by atoms with Gasteiger partial charge in [0.2, 0.25) is 0 Å². The van der Waals surface area contributed by atoms with E-state index in [0.717, 1.165) is 16.9 Å². The molecule has 1 unspecified atom stereocenters. The second-order valence-corrected chi connectivity index (χ2v) is 4.98. The van der Waals surface area contributed by atoms with Crippen LogP contribution in [0.5, 0.6) is 5.75 Å². The van der Waals surface area contributed by atoms with E-state index in [1.807, 2.05) is 61.5 Å². The number of rotatable bonds is 7. The lowest BCUT2D eigenvalue weighted by molar-refractivity contribution is -0.146. The molecule has 0 radical (unpaired) electrons. The summed E-state index contributed by atoms with van der Waals surface area (Å²) in [6, 6.07) is 16.5. The van der Waals surface area contributed by atoms with Crippen molar-refractivity contribution in [3.63, 3.8) is 0 Å². The van der Waals surface area contributed by atoms with Crippen molar-refractivity contribution in [2.75, 3.05) is 6.61 Å². The summed E-state index contributed by atoms with van der Waals surface area (Å²) < 4.78 is 10.6. The van der Waals surface area contributed by atoms with Gasteiger partial charge in [0.15, 0.2) is 0 Å². The highest BCUT2D eigenvalue weighted by molar-refractivity contribution is 5.75. The smallest absolute Gasteiger partial charge is 0.323 e. The van der Waals surface area contributed by atoms with Crippen LogP contribution in [0.2, 0.25) is 0 Å². The molecule has 0 heterocycles. The van der Waals surface area contributed by atoms with Gasteiger partial charge in [-0.3, -0.25) is 4.79 Å². The van der Waals surface area contributed by atoms with Crippen LogP contribution >= 0.6 is 0 Å². The van der Waals surface area contributed by atoms with Gasteiger partial charge in [0.1, 0.15) is 18.4 Å². The largest absolute Gasteiger partial charge is 0.494 e. The molecule has 2 rings (SSSR count). The standard InChI is InChI=1S/C18H21NO3/c1-2-21-16-10-8-14(9-11-16)12-17(19)18(20)22-13-15-6-4-3-5-7-15/h3-11,17H,2,12-13,19H2,1H3. The summed E-state index contributed by atoms with van der Waals surface area (Å²) in [5.41, 5.74) is 7.83. The molecule has 0 aliphatic heterocycles. The van der Waals surface area contributed by atoms with Gasteiger partial charge in [0, 0.05) is 0 Å². The molecule has 0 amide bonds. The van der Waals surface area contributed by atoms with E-state index in [9.17, 15) is 4.79 Å². The molecule has 0 aliphatic carbocycles. The van der Waals surface area contributed by atoms with Crippen LogP contribution in [0.4, 0.5) is 0 Å². The van der Waals surface area contributed by atoms with Crippen LogP contribution < -0.4 is 10.5 Å². The van der Waals surface area contributed by atoms with Gasteiger partial charge >= 0.3 is 5.97 Å². The molecule has 0 spiro atoms. The number of nitrogens with two attached hydrogens (primary N) is 1. The third-order valence-electron chi connectivity index (χ3n) is 3.22. The van der Waals surface area contributed by atoms with Crippen LogP contribution in [0.15, 0.2) is 54.6 Å². The number of benzene rings is 2. The van der Waals surface area contributed by atoms with Crippen LogP contribution in [0.3, 0.4) is 0 Å². The quantitative estimate of drug-likeness (QED) is 0.799. The lowest BCUT2D eigenvalue weighted by atomic mass is 10.1. The van der Waals surface area contributed by atoms with E-state index >= 15 is 0 Å². The summed E-state index contributed by atoms with van der Waals surface area (Å²) >= 11 is 0. The molecule has 116 valence electrons. The van der Waals surface area contributed by atoms with E-state index in [0.29, 0.717) is 13.0 Å². The molecular weight excluding hydrogens is 278 g/mol. The third-order valence-corrected chi connectivity index (χ3v) is 3.22. The van der Waals surface area contributed by atoms with Gasteiger partial charge in [-0.2, -0.15) is 0 Å². The highest BCUT2D eigenvalue weighted by Gasteiger charge is 2.15. The first-order chi connectivity index (χ1) is 10.7. The SMILES string of the molecule is CCOc1ccc(CC(N)C(=O)OCc2ccccc2)cc1. The van der Waals surface area contributed by atoms with Crippen molar-refractivity contribution in [2.45, 2.75) is 26.0 Å². The second kappa shape index (κ2) is 8.20. The van der Waals surface area contributed by atoms with Gasteiger partial charge < -0.3 is 15.2 Å². The number of carbonyl (C=O) groups excluding carboxylic acids is 1. The first-order valence-corrected chi connectivity index (χ1v) is 7.37. The Balaban J connectivity index is 1.83. The average Bonchev–Trinajstić information content (AvgIpc) is 2.55. The number of hydrogen-bond donors (Lipinski definition) is 1.